The first-order valence-corrected chi connectivity index (χ1v) is 8.05. The van der Waals surface area contributed by atoms with Crippen LogP contribution in [0.4, 0.5) is 5.69 Å². The van der Waals surface area contributed by atoms with Gasteiger partial charge in [0.25, 0.3) is 5.91 Å². The molecule has 3 heterocycles. The molecule has 7 heteroatoms. The van der Waals surface area contributed by atoms with E-state index in [0.29, 0.717) is 33.4 Å². The average Bonchev–Trinajstić information content (AvgIpc) is 3.25. The van der Waals surface area contributed by atoms with Gasteiger partial charge in [0.1, 0.15) is 11.5 Å². The van der Waals surface area contributed by atoms with Gasteiger partial charge in [0.15, 0.2) is 5.65 Å². The second-order valence-corrected chi connectivity index (χ2v) is 6.11. The number of aryl methyl sites for hydroxylation is 1. The number of benzene rings is 1. The van der Waals surface area contributed by atoms with E-state index in [1.165, 1.54) is 0 Å². The summed E-state index contributed by atoms with van der Waals surface area (Å²) in [5.74, 6) is 0.384. The summed E-state index contributed by atoms with van der Waals surface area (Å²) >= 11 is 6.33. The van der Waals surface area contributed by atoms with Crippen LogP contribution in [0.15, 0.2) is 48.8 Å². The van der Waals surface area contributed by atoms with Gasteiger partial charge in [-0.2, -0.15) is 0 Å². The quantitative estimate of drug-likeness (QED) is 0.517. The molecule has 4 rings (SSSR count). The molecule has 0 fully saturated rings. The number of pyridine rings is 1. The number of anilines is 1. The highest BCUT2D eigenvalue weighted by Crippen LogP contribution is 2.30. The summed E-state index contributed by atoms with van der Waals surface area (Å²) < 4.78 is 0. The van der Waals surface area contributed by atoms with Crippen LogP contribution in [0.1, 0.15) is 16.1 Å². The van der Waals surface area contributed by atoms with Crippen LogP contribution in [-0.4, -0.2) is 25.8 Å². The number of nitrogens with one attached hydrogen (secondary N) is 3. The van der Waals surface area contributed by atoms with Crippen molar-refractivity contribution in [3.05, 3.63) is 65.1 Å². The average molecular weight is 352 g/mol. The molecule has 0 unspecified atom stereocenters. The van der Waals surface area contributed by atoms with E-state index < -0.39 is 0 Å². The highest BCUT2D eigenvalue weighted by molar-refractivity contribution is 6.33. The maximum Gasteiger partial charge on any atom is 0.272 e. The fourth-order valence-corrected chi connectivity index (χ4v) is 2.79. The van der Waals surface area contributed by atoms with Gasteiger partial charge in [-0.25, -0.2) is 9.97 Å². The van der Waals surface area contributed by atoms with E-state index in [4.69, 9.17) is 11.6 Å². The van der Waals surface area contributed by atoms with E-state index in [1.807, 2.05) is 13.0 Å². The normalized spacial score (nSPS) is 11.0. The van der Waals surface area contributed by atoms with Crippen molar-refractivity contribution in [3.63, 3.8) is 0 Å². The lowest BCUT2D eigenvalue weighted by atomic mass is 10.2. The predicted octanol–water partition coefficient (Wildman–Crippen LogP) is 4.17. The fourth-order valence-electron chi connectivity index (χ4n) is 2.59. The number of H-pyrrole nitrogens is 2. The van der Waals surface area contributed by atoms with Crippen LogP contribution < -0.4 is 5.32 Å². The van der Waals surface area contributed by atoms with E-state index in [2.05, 4.69) is 25.3 Å². The molecule has 124 valence electrons. The number of hydrogen-bond donors (Lipinski definition) is 3. The molecule has 4 aromatic rings. The number of nitrogens with zero attached hydrogens (tertiary/aromatic N) is 2. The lowest BCUT2D eigenvalue weighted by Crippen LogP contribution is -2.12. The van der Waals surface area contributed by atoms with Gasteiger partial charge in [-0.3, -0.25) is 4.79 Å². The largest absolute Gasteiger partial charge is 0.357 e. The number of carbonyl (C=O) groups excluding carboxylic acids is 1. The zero-order valence-corrected chi connectivity index (χ0v) is 14.1. The first-order valence-electron chi connectivity index (χ1n) is 7.67. The summed E-state index contributed by atoms with van der Waals surface area (Å²) in [4.78, 5) is 27.1. The summed E-state index contributed by atoms with van der Waals surface area (Å²) in [5.41, 5.74) is 4.32. The minimum atomic E-state index is -0.222. The Hall–Kier alpha value is -3.12. The van der Waals surface area contributed by atoms with Gasteiger partial charge in [-0.1, -0.05) is 11.6 Å². The van der Waals surface area contributed by atoms with Crippen molar-refractivity contribution < 1.29 is 4.79 Å². The summed E-state index contributed by atoms with van der Waals surface area (Å²) in [6, 6.07) is 10.7. The highest BCUT2D eigenvalue weighted by atomic mass is 35.5. The monoisotopic (exact) mass is 351 g/mol. The van der Waals surface area contributed by atoms with Crippen molar-refractivity contribution in [3.8, 4) is 11.4 Å². The van der Waals surface area contributed by atoms with Gasteiger partial charge in [0.2, 0.25) is 0 Å². The zero-order valence-electron chi connectivity index (χ0n) is 13.3. The Morgan fingerprint density at radius 3 is 2.92 bits per heavy atom. The molecular weight excluding hydrogens is 338 g/mol. The first-order chi connectivity index (χ1) is 12.1. The van der Waals surface area contributed by atoms with Crippen LogP contribution in [0.5, 0.6) is 0 Å². The number of halogens is 1. The summed E-state index contributed by atoms with van der Waals surface area (Å²) in [6.07, 6.45) is 3.47. The summed E-state index contributed by atoms with van der Waals surface area (Å²) in [5, 5.41) is 3.37. The van der Waals surface area contributed by atoms with Gasteiger partial charge in [0, 0.05) is 23.6 Å². The number of aromatic amines is 2. The molecule has 0 saturated heterocycles. The summed E-state index contributed by atoms with van der Waals surface area (Å²) in [6.45, 7) is 1.97. The molecule has 25 heavy (non-hydrogen) atoms. The van der Waals surface area contributed by atoms with Gasteiger partial charge < -0.3 is 15.3 Å². The third kappa shape index (κ3) is 2.99. The Balaban J connectivity index is 1.70. The standard InChI is InChI=1S/C18H14ClN5O/c1-10-7-15-17(21-9-10)24-16(23-15)12-8-11(4-5-13(12)19)22-18(25)14-3-2-6-20-14/h2-9,20H,1H3,(H,22,25)(H,21,23,24). The van der Waals surface area contributed by atoms with Crippen molar-refractivity contribution in [2.75, 3.05) is 5.32 Å². The van der Waals surface area contributed by atoms with Gasteiger partial charge >= 0.3 is 0 Å². The van der Waals surface area contributed by atoms with E-state index in [0.717, 1.165) is 11.1 Å². The Morgan fingerprint density at radius 1 is 1.24 bits per heavy atom. The van der Waals surface area contributed by atoms with Gasteiger partial charge in [-0.05, 0) is 48.9 Å². The molecule has 1 aromatic carbocycles. The van der Waals surface area contributed by atoms with E-state index in [1.54, 1.807) is 42.7 Å². The van der Waals surface area contributed by atoms with E-state index in [-0.39, 0.29) is 5.91 Å². The third-order valence-corrected chi connectivity index (χ3v) is 4.13. The van der Waals surface area contributed by atoms with Crippen molar-refractivity contribution in [1.29, 1.82) is 0 Å². The second-order valence-electron chi connectivity index (χ2n) is 5.70. The van der Waals surface area contributed by atoms with Crippen LogP contribution in [0, 0.1) is 6.92 Å². The van der Waals surface area contributed by atoms with Crippen LogP contribution >= 0.6 is 11.6 Å². The Labute approximate surface area is 148 Å². The topological polar surface area (TPSA) is 86.5 Å². The number of carbonyl (C=O) groups is 1. The van der Waals surface area contributed by atoms with Crippen molar-refractivity contribution in [2.45, 2.75) is 6.92 Å². The van der Waals surface area contributed by atoms with Gasteiger partial charge in [0.05, 0.1) is 10.5 Å². The maximum absolute atomic E-state index is 12.2. The molecule has 6 nitrogen and oxygen atoms in total. The molecule has 0 bridgehead atoms. The minimum absolute atomic E-state index is 0.222. The first kappa shape index (κ1) is 15.4. The van der Waals surface area contributed by atoms with Crippen molar-refractivity contribution in [1.82, 2.24) is 19.9 Å². The molecule has 0 aliphatic rings. The zero-order chi connectivity index (χ0) is 17.4. The molecule has 0 spiro atoms. The number of imidazole rings is 1. The van der Waals surface area contributed by atoms with E-state index in [9.17, 15) is 4.79 Å². The Morgan fingerprint density at radius 2 is 2.12 bits per heavy atom. The highest BCUT2D eigenvalue weighted by Gasteiger charge is 2.13. The molecule has 3 N–H and O–H groups in total. The molecule has 0 aliphatic carbocycles. The predicted molar refractivity (Wildman–Crippen MR) is 97.8 cm³/mol. The molecule has 3 aromatic heterocycles. The Kier molecular flexibility index (Phi) is 3.74. The molecule has 0 atom stereocenters. The minimum Gasteiger partial charge on any atom is -0.357 e. The second kappa shape index (κ2) is 6.07. The number of aromatic nitrogens is 4. The van der Waals surface area contributed by atoms with Crippen molar-refractivity contribution in [2.24, 2.45) is 0 Å². The third-order valence-electron chi connectivity index (χ3n) is 3.80. The number of fused-ring (bicyclic) bond motifs is 1. The molecule has 0 aliphatic heterocycles. The molecule has 1 amide bonds. The Bertz CT molecular complexity index is 1070. The lowest BCUT2D eigenvalue weighted by Gasteiger charge is -2.07. The number of rotatable bonds is 3. The smallest absolute Gasteiger partial charge is 0.272 e. The van der Waals surface area contributed by atoms with Gasteiger partial charge in [-0.15, -0.1) is 0 Å². The maximum atomic E-state index is 12.2. The molecule has 0 radical (unpaired) electrons. The SMILES string of the molecule is Cc1cnc2nc(-c3cc(NC(=O)c4ccc[nH]4)ccc3Cl)[nH]c2c1. The molecular formula is C18H14ClN5O. The van der Waals surface area contributed by atoms with Crippen LogP contribution in [-0.2, 0) is 0 Å². The van der Waals surface area contributed by atoms with Crippen LogP contribution in [0.2, 0.25) is 5.02 Å². The fraction of sp³-hybridized carbons (Fsp3) is 0.0556. The van der Waals surface area contributed by atoms with E-state index >= 15 is 0 Å². The number of amides is 1. The number of hydrogen-bond acceptors (Lipinski definition) is 3. The van der Waals surface area contributed by atoms with Crippen LogP contribution in [0.3, 0.4) is 0 Å². The van der Waals surface area contributed by atoms with Crippen LogP contribution in [0.25, 0.3) is 22.6 Å². The summed E-state index contributed by atoms with van der Waals surface area (Å²) in [7, 11) is 0. The molecule has 0 saturated carbocycles. The lowest BCUT2D eigenvalue weighted by molar-refractivity contribution is 0.102. The van der Waals surface area contributed by atoms with Crippen molar-refractivity contribution >= 4 is 34.4 Å².